The molecule has 2 heterocycles. The number of methoxy groups -OCH3 is 1. The molecule has 0 saturated carbocycles. The van der Waals surface area contributed by atoms with E-state index in [0.29, 0.717) is 21.4 Å². The van der Waals surface area contributed by atoms with E-state index in [0.717, 1.165) is 43.0 Å². The number of ether oxygens (including phenoxy) is 1. The van der Waals surface area contributed by atoms with Crippen LogP contribution in [0.3, 0.4) is 0 Å². The van der Waals surface area contributed by atoms with Gasteiger partial charge in [0.15, 0.2) is 5.16 Å². The molecule has 0 aliphatic heterocycles. The van der Waals surface area contributed by atoms with E-state index in [1.165, 1.54) is 29.4 Å². The van der Waals surface area contributed by atoms with Gasteiger partial charge in [0.2, 0.25) is 5.91 Å². The van der Waals surface area contributed by atoms with E-state index in [4.69, 9.17) is 4.74 Å². The van der Waals surface area contributed by atoms with E-state index < -0.39 is 0 Å². The summed E-state index contributed by atoms with van der Waals surface area (Å²) in [5.74, 6) is -0.141. The molecule has 9 heteroatoms. The van der Waals surface area contributed by atoms with Crippen LogP contribution in [0.2, 0.25) is 0 Å². The lowest BCUT2D eigenvalue weighted by atomic mass is 9.96. The van der Waals surface area contributed by atoms with Crippen LogP contribution < -0.4 is 10.9 Å². The van der Waals surface area contributed by atoms with E-state index in [-0.39, 0.29) is 23.8 Å². The zero-order chi connectivity index (χ0) is 18.5. The summed E-state index contributed by atoms with van der Waals surface area (Å²) in [6.45, 7) is 0.232. The minimum absolute atomic E-state index is 0.0901. The number of hydrogen-bond donors (Lipinski definition) is 2. The van der Waals surface area contributed by atoms with Crippen molar-refractivity contribution in [3.63, 3.8) is 0 Å². The van der Waals surface area contributed by atoms with Crippen LogP contribution in [-0.2, 0) is 29.0 Å². The van der Waals surface area contributed by atoms with Crippen molar-refractivity contribution in [2.45, 2.75) is 37.4 Å². The van der Waals surface area contributed by atoms with Gasteiger partial charge in [-0.2, -0.15) is 5.26 Å². The molecule has 2 aromatic heterocycles. The first kappa shape index (κ1) is 18.6. The standard InChI is InChI=1S/C17H18N4O3S2/c1-24-8-10-6-14(22)21-17(19-10)25-9-15(23)20-16-12(7-18)11-4-2-3-5-13(11)26-16/h6H,2-5,8-9H2,1H3,(H,20,23)(H,19,21,22). The molecule has 136 valence electrons. The SMILES string of the molecule is COCc1cc(=O)[nH]c(SCC(=O)Nc2sc3c(c2C#N)CCCC3)n1. The molecule has 0 radical (unpaired) electrons. The molecule has 7 nitrogen and oxygen atoms in total. The number of thioether (sulfide) groups is 1. The zero-order valence-electron chi connectivity index (χ0n) is 14.3. The third-order valence-electron chi connectivity index (χ3n) is 3.94. The molecule has 1 aliphatic rings. The first-order valence-corrected chi connectivity index (χ1v) is 9.97. The van der Waals surface area contributed by atoms with Crippen molar-refractivity contribution in [3.05, 3.63) is 38.1 Å². The summed E-state index contributed by atoms with van der Waals surface area (Å²) in [5, 5.41) is 13.3. The Labute approximate surface area is 158 Å². The Kier molecular flexibility index (Phi) is 6.08. The number of nitrogens with zero attached hydrogens (tertiary/aromatic N) is 2. The second-order valence-corrected chi connectivity index (χ2v) is 7.91. The van der Waals surface area contributed by atoms with E-state index in [1.54, 1.807) is 0 Å². The van der Waals surface area contributed by atoms with Crippen LogP contribution in [0.15, 0.2) is 16.0 Å². The highest BCUT2D eigenvalue weighted by Gasteiger charge is 2.21. The number of aromatic amines is 1. The molecule has 3 rings (SSSR count). The van der Waals surface area contributed by atoms with Gasteiger partial charge in [-0.25, -0.2) is 4.98 Å². The predicted molar refractivity (Wildman–Crippen MR) is 101 cm³/mol. The van der Waals surface area contributed by atoms with E-state index in [1.807, 2.05) is 0 Å². The maximum Gasteiger partial charge on any atom is 0.251 e. The van der Waals surface area contributed by atoms with Gasteiger partial charge in [0, 0.05) is 18.1 Å². The zero-order valence-corrected chi connectivity index (χ0v) is 15.9. The number of hydrogen-bond acceptors (Lipinski definition) is 7. The molecule has 0 bridgehead atoms. The van der Waals surface area contributed by atoms with Gasteiger partial charge in [0.1, 0.15) is 11.1 Å². The van der Waals surface area contributed by atoms with Gasteiger partial charge < -0.3 is 15.0 Å². The predicted octanol–water partition coefficient (Wildman–Crippen LogP) is 2.46. The smallest absolute Gasteiger partial charge is 0.251 e. The molecule has 0 unspecified atom stereocenters. The highest BCUT2D eigenvalue weighted by molar-refractivity contribution is 7.99. The van der Waals surface area contributed by atoms with E-state index in [9.17, 15) is 14.9 Å². The number of amides is 1. The fourth-order valence-corrected chi connectivity index (χ4v) is 4.79. The lowest BCUT2D eigenvalue weighted by molar-refractivity contribution is -0.113. The average Bonchev–Trinajstić information content (AvgIpc) is 2.96. The molecular formula is C17H18N4O3S2. The summed E-state index contributed by atoms with van der Waals surface area (Å²) in [4.78, 5) is 31.9. The van der Waals surface area contributed by atoms with Crippen molar-refractivity contribution in [1.82, 2.24) is 9.97 Å². The Hall–Kier alpha value is -2.15. The fraction of sp³-hybridized carbons (Fsp3) is 0.412. The van der Waals surface area contributed by atoms with Crippen LogP contribution in [0, 0.1) is 11.3 Å². The van der Waals surface area contributed by atoms with Crippen LogP contribution in [-0.4, -0.2) is 28.7 Å². The fourth-order valence-electron chi connectivity index (χ4n) is 2.84. The van der Waals surface area contributed by atoms with Crippen LogP contribution in [0.25, 0.3) is 0 Å². The molecule has 0 spiro atoms. The molecule has 26 heavy (non-hydrogen) atoms. The number of H-pyrrole nitrogens is 1. The number of aryl methyl sites for hydroxylation is 1. The number of nitrogens with one attached hydrogen (secondary N) is 2. The molecule has 2 N–H and O–H groups in total. The number of fused-ring (bicyclic) bond motifs is 1. The summed E-state index contributed by atoms with van der Waals surface area (Å²) in [5.41, 5.74) is 1.91. The van der Waals surface area contributed by atoms with Gasteiger partial charge in [-0.05, 0) is 31.2 Å². The number of carbonyl (C=O) groups is 1. The highest BCUT2D eigenvalue weighted by atomic mass is 32.2. The molecule has 1 aliphatic carbocycles. The number of nitriles is 1. The molecule has 0 saturated heterocycles. The Balaban J connectivity index is 1.66. The molecular weight excluding hydrogens is 372 g/mol. The maximum absolute atomic E-state index is 12.3. The number of carbonyl (C=O) groups excluding carboxylic acids is 1. The first-order chi connectivity index (χ1) is 12.6. The Morgan fingerprint density at radius 3 is 3.08 bits per heavy atom. The summed E-state index contributed by atoms with van der Waals surface area (Å²) in [6, 6.07) is 3.59. The first-order valence-electron chi connectivity index (χ1n) is 8.17. The largest absolute Gasteiger partial charge is 0.378 e. The van der Waals surface area contributed by atoms with Crippen LogP contribution >= 0.6 is 23.1 Å². The Morgan fingerprint density at radius 2 is 2.31 bits per heavy atom. The summed E-state index contributed by atoms with van der Waals surface area (Å²) in [7, 11) is 1.52. The van der Waals surface area contributed by atoms with Crippen molar-refractivity contribution >= 4 is 34.0 Å². The van der Waals surface area contributed by atoms with Crippen LogP contribution in [0.5, 0.6) is 0 Å². The van der Waals surface area contributed by atoms with Gasteiger partial charge in [-0.1, -0.05) is 11.8 Å². The van der Waals surface area contributed by atoms with E-state index >= 15 is 0 Å². The monoisotopic (exact) mass is 390 g/mol. The molecule has 0 fully saturated rings. The summed E-state index contributed by atoms with van der Waals surface area (Å²) >= 11 is 2.63. The molecule has 0 aromatic carbocycles. The van der Waals surface area contributed by atoms with Crippen molar-refractivity contribution in [2.24, 2.45) is 0 Å². The highest BCUT2D eigenvalue weighted by Crippen LogP contribution is 2.37. The van der Waals surface area contributed by atoms with Crippen LogP contribution in [0.1, 0.15) is 34.5 Å². The Bertz CT molecular complexity index is 914. The lowest BCUT2D eigenvalue weighted by Crippen LogP contribution is -2.16. The van der Waals surface area contributed by atoms with Crippen molar-refractivity contribution in [1.29, 1.82) is 5.26 Å². The van der Waals surface area contributed by atoms with Crippen molar-refractivity contribution in [2.75, 3.05) is 18.2 Å². The minimum atomic E-state index is -0.285. The normalized spacial score (nSPS) is 13.1. The average molecular weight is 390 g/mol. The molecule has 2 aromatic rings. The third kappa shape index (κ3) is 4.33. The van der Waals surface area contributed by atoms with E-state index in [2.05, 4.69) is 21.4 Å². The van der Waals surface area contributed by atoms with Crippen LogP contribution in [0.4, 0.5) is 5.00 Å². The van der Waals surface area contributed by atoms with Gasteiger partial charge in [-0.15, -0.1) is 11.3 Å². The number of aromatic nitrogens is 2. The third-order valence-corrected chi connectivity index (χ3v) is 6.02. The van der Waals surface area contributed by atoms with Gasteiger partial charge >= 0.3 is 0 Å². The maximum atomic E-state index is 12.3. The molecule has 1 amide bonds. The number of anilines is 1. The Morgan fingerprint density at radius 1 is 1.50 bits per heavy atom. The quantitative estimate of drug-likeness (QED) is 0.579. The summed E-state index contributed by atoms with van der Waals surface area (Å²) in [6.07, 6.45) is 4.07. The van der Waals surface area contributed by atoms with Gasteiger partial charge in [0.25, 0.3) is 5.56 Å². The molecule has 0 atom stereocenters. The second kappa shape index (κ2) is 8.49. The number of thiophene rings is 1. The van der Waals surface area contributed by atoms with Crippen molar-refractivity contribution < 1.29 is 9.53 Å². The topological polar surface area (TPSA) is 108 Å². The number of rotatable bonds is 6. The summed E-state index contributed by atoms with van der Waals surface area (Å²) < 4.78 is 4.97. The van der Waals surface area contributed by atoms with Gasteiger partial charge in [-0.3, -0.25) is 9.59 Å². The minimum Gasteiger partial charge on any atom is -0.378 e. The second-order valence-electron chi connectivity index (χ2n) is 5.84. The lowest BCUT2D eigenvalue weighted by Gasteiger charge is -2.09. The van der Waals surface area contributed by atoms with Crippen molar-refractivity contribution in [3.8, 4) is 6.07 Å². The van der Waals surface area contributed by atoms with Gasteiger partial charge in [0.05, 0.1) is 23.6 Å².